The third-order valence-corrected chi connectivity index (χ3v) is 5.73. The molecule has 5 heteroatoms. The summed E-state index contributed by atoms with van der Waals surface area (Å²) in [5.74, 6) is 0.329. The summed E-state index contributed by atoms with van der Waals surface area (Å²) < 4.78 is 0. The van der Waals surface area contributed by atoms with E-state index in [1.165, 1.54) is 38.5 Å². The van der Waals surface area contributed by atoms with Crippen LogP contribution in [0.15, 0.2) is 0 Å². The Labute approximate surface area is 190 Å². The van der Waals surface area contributed by atoms with E-state index in [1.807, 2.05) is 13.8 Å². The van der Waals surface area contributed by atoms with E-state index in [0.29, 0.717) is 32.0 Å². The topological polar surface area (TPSA) is 58.2 Å². The molecule has 1 saturated carbocycles. The second kappa shape index (κ2) is 17.3. The quantitative estimate of drug-likeness (QED) is 0.349. The third kappa shape index (κ3) is 12.8. The van der Waals surface area contributed by atoms with Crippen molar-refractivity contribution in [2.24, 2.45) is 5.41 Å². The molecule has 0 aromatic heterocycles. The van der Waals surface area contributed by atoms with Crippen LogP contribution < -0.4 is 10.6 Å². The number of amides is 2. The average Bonchev–Trinajstić information content (AvgIpc) is 2.65. The Kier molecular flexibility index (Phi) is 17.1. The van der Waals surface area contributed by atoms with Gasteiger partial charge in [-0.15, -0.1) is 0 Å². The molecule has 0 spiro atoms. The van der Waals surface area contributed by atoms with Gasteiger partial charge in [-0.05, 0) is 50.4 Å². The summed E-state index contributed by atoms with van der Waals surface area (Å²) in [6.45, 7) is 8.58. The molecule has 4 nitrogen and oxygen atoms in total. The minimum absolute atomic E-state index is 0.165. The van der Waals surface area contributed by atoms with Crippen LogP contribution in [0, 0.1) is 5.41 Å². The summed E-state index contributed by atoms with van der Waals surface area (Å²) in [6, 6.07) is 0.395. The maximum absolute atomic E-state index is 12.2. The molecule has 0 heterocycles. The van der Waals surface area contributed by atoms with Crippen molar-refractivity contribution in [2.45, 2.75) is 134 Å². The summed E-state index contributed by atoms with van der Waals surface area (Å²) >= 11 is 0.500. The van der Waals surface area contributed by atoms with Gasteiger partial charge in [0, 0.05) is 24.9 Å². The third-order valence-electron chi connectivity index (χ3n) is 5.73. The van der Waals surface area contributed by atoms with Gasteiger partial charge in [-0.2, -0.15) is 0 Å². The van der Waals surface area contributed by atoms with Gasteiger partial charge in [-0.25, -0.2) is 0 Å². The van der Waals surface area contributed by atoms with Crippen molar-refractivity contribution in [2.75, 3.05) is 0 Å². The Balaban J connectivity index is 0.00000245. The first kappa shape index (κ1) is 28.7. The molecule has 0 aromatic rings. The summed E-state index contributed by atoms with van der Waals surface area (Å²) in [5, 5.41) is 11.0. The van der Waals surface area contributed by atoms with Gasteiger partial charge < -0.3 is 10.6 Å². The van der Waals surface area contributed by atoms with E-state index in [2.05, 4.69) is 34.9 Å². The normalized spacial score (nSPS) is 20.2. The van der Waals surface area contributed by atoms with Crippen LogP contribution in [-0.4, -0.2) is 23.9 Å². The Hall–Kier alpha value is -0.346. The van der Waals surface area contributed by atoms with Crippen molar-refractivity contribution < 1.29 is 28.7 Å². The number of nitrogens with one attached hydrogen (secondary N) is 2. The first-order chi connectivity index (χ1) is 13.9. The molecular formula is C24H48N2O2Ti. The van der Waals surface area contributed by atoms with Gasteiger partial charge in [0.25, 0.3) is 0 Å². The molecule has 29 heavy (non-hydrogen) atoms. The first-order valence-corrected chi connectivity index (χ1v) is 15.2. The van der Waals surface area contributed by atoms with Crippen molar-refractivity contribution in [3.63, 3.8) is 0 Å². The zero-order valence-electron chi connectivity index (χ0n) is 20.2. The van der Waals surface area contributed by atoms with Gasteiger partial charge in [0.2, 0.25) is 11.8 Å². The van der Waals surface area contributed by atoms with Gasteiger partial charge >= 0.3 is 29.6 Å². The SMILES string of the molecule is CCCCC1(CCCC)CC(NC(=O)CCC)CC(NC(=O)CCC)C1.[CH3][Ti][CH3]. The Bertz CT molecular complexity index is 405. The molecule has 0 aliphatic heterocycles. The van der Waals surface area contributed by atoms with Crippen LogP contribution >= 0.6 is 0 Å². The van der Waals surface area contributed by atoms with Crippen LogP contribution in [0.25, 0.3) is 0 Å². The van der Waals surface area contributed by atoms with E-state index < -0.39 is 0 Å². The molecule has 2 atom stereocenters. The second-order valence-corrected chi connectivity index (χ2v) is 10.4. The summed E-state index contributed by atoms with van der Waals surface area (Å²) in [4.78, 5) is 24.4. The van der Waals surface area contributed by atoms with Crippen molar-refractivity contribution in [3.05, 3.63) is 0 Å². The van der Waals surface area contributed by atoms with Crippen molar-refractivity contribution in [1.82, 2.24) is 10.6 Å². The van der Waals surface area contributed by atoms with Crippen molar-refractivity contribution in [3.8, 4) is 0 Å². The second-order valence-electron chi connectivity index (χ2n) is 8.88. The maximum atomic E-state index is 12.2. The summed E-state index contributed by atoms with van der Waals surface area (Å²) in [7, 11) is 0. The molecule has 0 radical (unpaired) electrons. The molecule has 1 aliphatic rings. The Morgan fingerprint density at radius 2 is 1.17 bits per heavy atom. The van der Waals surface area contributed by atoms with Gasteiger partial charge in [0.15, 0.2) is 0 Å². The van der Waals surface area contributed by atoms with Crippen LogP contribution in [0.1, 0.15) is 111 Å². The molecule has 0 saturated heterocycles. The predicted molar refractivity (Wildman–Crippen MR) is 121 cm³/mol. The first-order valence-electron chi connectivity index (χ1n) is 12.1. The fourth-order valence-corrected chi connectivity index (χ4v) is 4.55. The van der Waals surface area contributed by atoms with E-state index in [-0.39, 0.29) is 29.3 Å². The molecule has 2 amide bonds. The fourth-order valence-electron chi connectivity index (χ4n) is 4.55. The number of unbranched alkanes of at least 4 members (excludes halogenated alkanes) is 2. The average molecular weight is 445 g/mol. The number of rotatable bonds is 12. The summed E-state index contributed by atoms with van der Waals surface area (Å²) in [5.41, 5.74) is 0.262. The molecule has 1 aliphatic carbocycles. The molecule has 170 valence electrons. The molecule has 2 N–H and O–H groups in total. The van der Waals surface area contributed by atoms with E-state index in [4.69, 9.17) is 0 Å². The Morgan fingerprint density at radius 3 is 1.48 bits per heavy atom. The van der Waals surface area contributed by atoms with Crippen LogP contribution in [-0.2, 0) is 28.7 Å². The number of carbonyl (C=O) groups excluding carboxylic acids is 2. The predicted octanol–water partition coefficient (Wildman–Crippen LogP) is 6.27. The van der Waals surface area contributed by atoms with Crippen LogP contribution in [0.4, 0.5) is 0 Å². The van der Waals surface area contributed by atoms with Gasteiger partial charge in [0.1, 0.15) is 0 Å². The van der Waals surface area contributed by atoms with Crippen LogP contribution in [0.5, 0.6) is 0 Å². The van der Waals surface area contributed by atoms with E-state index in [0.717, 1.165) is 32.1 Å². The van der Waals surface area contributed by atoms with Gasteiger partial charge in [-0.1, -0.05) is 53.4 Å². The zero-order chi connectivity index (χ0) is 22.1. The molecule has 0 bridgehead atoms. The minimum atomic E-state index is 0.165. The van der Waals surface area contributed by atoms with E-state index >= 15 is 0 Å². The standard InChI is InChI=1S/C22H42N2O2.2CH3.Ti/c1-5-9-13-22(14-10-6-2)16-18(23-20(25)11-7-3)15-19(17-22)24-21(26)12-8-4;;;/h18-19H,5-17H2,1-4H3,(H,23,25)(H,24,26);2*1H3;. The van der Waals surface area contributed by atoms with Gasteiger partial charge in [-0.3, -0.25) is 9.59 Å². The molecule has 1 fully saturated rings. The van der Waals surface area contributed by atoms with Crippen LogP contribution in [0.2, 0.25) is 10.5 Å². The molecule has 2 unspecified atom stereocenters. The van der Waals surface area contributed by atoms with E-state index in [9.17, 15) is 9.59 Å². The fraction of sp³-hybridized carbons (Fsp3) is 0.917. The zero-order valence-corrected chi connectivity index (χ0v) is 21.7. The monoisotopic (exact) mass is 444 g/mol. The molecular weight excluding hydrogens is 396 g/mol. The van der Waals surface area contributed by atoms with E-state index in [1.54, 1.807) is 0 Å². The van der Waals surface area contributed by atoms with Gasteiger partial charge in [0.05, 0.1) is 0 Å². The van der Waals surface area contributed by atoms with Crippen molar-refractivity contribution in [1.29, 1.82) is 0 Å². The molecule has 1 rings (SSSR count). The summed E-state index contributed by atoms with van der Waals surface area (Å²) in [6.07, 6.45) is 13.3. The molecule has 0 aromatic carbocycles. The number of carbonyl (C=O) groups is 2. The van der Waals surface area contributed by atoms with Crippen molar-refractivity contribution >= 4 is 11.8 Å². The number of hydrogen-bond donors (Lipinski definition) is 2. The number of hydrogen-bond acceptors (Lipinski definition) is 2. The van der Waals surface area contributed by atoms with Crippen LogP contribution in [0.3, 0.4) is 0 Å². The Morgan fingerprint density at radius 1 is 0.793 bits per heavy atom.